The number of amides is 2. The summed E-state index contributed by atoms with van der Waals surface area (Å²) in [6.45, 7) is 8.39. The zero-order valence-corrected chi connectivity index (χ0v) is 21.0. The predicted octanol–water partition coefficient (Wildman–Crippen LogP) is 2.14. The average molecular weight is 492 g/mol. The number of aliphatic hydroxyl groups is 1. The predicted molar refractivity (Wildman–Crippen MR) is 129 cm³/mol. The quantitative estimate of drug-likeness (QED) is 0.128. The maximum absolute atomic E-state index is 12.0. The van der Waals surface area contributed by atoms with Gasteiger partial charge >= 0.3 is 0 Å². The van der Waals surface area contributed by atoms with E-state index in [4.69, 9.17) is 19.4 Å². The van der Waals surface area contributed by atoms with Gasteiger partial charge in [-0.2, -0.15) is 0 Å². The second-order valence-corrected chi connectivity index (χ2v) is 9.91. The monoisotopic (exact) mass is 491 g/mol. The molecule has 3 saturated heterocycles. The van der Waals surface area contributed by atoms with Crippen molar-refractivity contribution in [3.05, 3.63) is 42.4 Å². The summed E-state index contributed by atoms with van der Waals surface area (Å²) in [4.78, 5) is 23.6. The second-order valence-electron chi connectivity index (χ2n) is 9.91. The molecule has 9 heteroatoms. The van der Waals surface area contributed by atoms with Crippen LogP contribution in [0, 0.1) is 12.3 Å². The van der Waals surface area contributed by atoms with Crippen molar-refractivity contribution in [2.24, 2.45) is 5.92 Å². The van der Waals surface area contributed by atoms with E-state index < -0.39 is 29.8 Å². The first kappa shape index (κ1) is 27.5. The maximum atomic E-state index is 12.0. The molecule has 3 aliphatic rings. The average Bonchev–Trinajstić information content (AvgIpc) is 3.60. The van der Waals surface area contributed by atoms with Crippen LogP contribution in [0.5, 0.6) is 0 Å². The minimum absolute atomic E-state index is 0.00261. The summed E-state index contributed by atoms with van der Waals surface area (Å²) in [6.07, 6.45) is 10.9. The van der Waals surface area contributed by atoms with Gasteiger partial charge in [-0.3, -0.25) is 14.8 Å². The fourth-order valence-corrected chi connectivity index (χ4v) is 4.80. The van der Waals surface area contributed by atoms with E-state index in [1.54, 1.807) is 17.6 Å². The van der Waals surface area contributed by atoms with Crippen LogP contribution >= 0.6 is 0 Å². The van der Waals surface area contributed by atoms with Gasteiger partial charge in [0.05, 0.1) is 37.4 Å². The Morgan fingerprint density at radius 1 is 1.20 bits per heavy atom. The van der Waals surface area contributed by atoms with E-state index in [0.29, 0.717) is 13.0 Å². The summed E-state index contributed by atoms with van der Waals surface area (Å²) >= 11 is 0. The topological polar surface area (TPSA) is 130 Å². The van der Waals surface area contributed by atoms with Crippen LogP contribution in [0.15, 0.2) is 36.0 Å². The zero-order valence-electron chi connectivity index (χ0n) is 21.0. The number of allylic oxidation sites excluding steroid dienone is 3. The van der Waals surface area contributed by atoms with Crippen LogP contribution in [-0.2, 0) is 23.8 Å². The third-order valence-corrected chi connectivity index (χ3v) is 7.03. The lowest BCUT2D eigenvalue weighted by Gasteiger charge is -2.39. The summed E-state index contributed by atoms with van der Waals surface area (Å²) in [5.41, 5.74) is 1.95. The molecule has 3 aliphatic heterocycles. The molecular formula is C26H39N2O7. The fourth-order valence-electron chi connectivity index (χ4n) is 4.80. The van der Waals surface area contributed by atoms with Crippen LogP contribution in [0.3, 0.4) is 0 Å². The van der Waals surface area contributed by atoms with Crippen molar-refractivity contribution in [3.63, 3.8) is 0 Å². The van der Waals surface area contributed by atoms with E-state index in [-0.39, 0.29) is 36.5 Å². The summed E-state index contributed by atoms with van der Waals surface area (Å²) in [7, 11) is 0. The number of carbonyl (C=O) groups excluding carboxylic acids is 2. The van der Waals surface area contributed by atoms with Crippen LogP contribution < -0.4 is 10.8 Å². The number of hydroxylamine groups is 1. The lowest BCUT2D eigenvalue weighted by molar-refractivity contribution is -0.149. The van der Waals surface area contributed by atoms with E-state index in [0.717, 1.165) is 18.4 Å². The Morgan fingerprint density at radius 2 is 1.94 bits per heavy atom. The van der Waals surface area contributed by atoms with Gasteiger partial charge in [0.1, 0.15) is 17.8 Å². The molecule has 3 heterocycles. The van der Waals surface area contributed by atoms with E-state index in [1.807, 2.05) is 33.3 Å². The molecule has 195 valence electrons. The lowest BCUT2D eigenvalue weighted by Crippen LogP contribution is -2.50. The smallest absolute Gasteiger partial charge is 0.245 e. The largest absolute Gasteiger partial charge is 0.387 e. The summed E-state index contributed by atoms with van der Waals surface area (Å²) in [5, 5.41) is 22.5. The van der Waals surface area contributed by atoms with Crippen LogP contribution in [0.4, 0.5) is 0 Å². The molecule has 0 bridgehead atoms. The maximum Gasteiger partial charge on any atom is 0.245 e. The van der Waals surface area contributed by atoms with Gasteiger partial charge in [-0.25, -0.2) is 5.48 Å². The first-order valence-corrected chi connectivity index (χ1v) is 12.3. The first-order valence-electron chi connectivity index (χ1n) is 12.3. The van der Waals surface area contributed by atoms with Crippen molar-refractivity contribution >= 4 is 11.8 Å². The van der Waals surface area contributed by atoms with Crippen molar-refractivity contribution in [1.29, 1.82) is 0 Å². The molecule has 3 rings (SSSR count). The number of rotatable bonds is 9. The van der Waals surface area contributed by atoms with E-state index >= 15 is 0 Å². The Hall–Kier alpha value is -2.04. The van der Waals surface area contributed by atoms with Crippen molar-refractivity contribution in [3.8, 4) is 0 Å². The Kier molecular flexibility index (Phi) is 9.66. The molecule has 35 heavy (non-hydrogen) atoms. The molecule has 0 aliphatic carbocycles. The van der Waals surface area contributed by atoms with Gasteiger partial charge in [-0.1, -0.05) is 43.7 Å². The van der Waals surface area contributed by atoms with Crippen molar-refractivity contribution in [2.75, 3.05) is 6.61 Å². The molecular weight excluding hydrogens is 452 g/mol. The van der Waals surface area contributed by atoms with Gasteiger partial charge in [0.25, 0.3) is 0 Å². The van der Waals surface area contributed by atoms with Gasteiger partial charge in [0.15, 0.2) is 0 Å². The number of ether oxygens (including phenoxy) is 3. The molecule has 0 aromatic carbocycles. The molecule has 4 N–H and O–H groups in total. The fraction of sp³-hybridized carbons (Fsp3) is 0.654. The van der Waals surface area contributed by atoms with Gasteiger partial charge < -0.3 is 24.6 Å². The van der Waals surface area contributed by atoms with E-state index in [1.165, 1.54) is 6.08 Å². The van der Waals surface area contributed by atoms with E-state index in [9.17, 15) is 14.7 Å². The number of hydrogen-bond acceptors (Lipinski definition) is 7. The highest BCUT2D eigenvalue weighted by atomic mass is 16.6. The molecule has 8 atom stereocenters. The molecule has 3 fully saturated rings. The SMILES string of the molecule is C[CH]/C=C\C(=O)N[C@@H]1C[C@H](C)[C@H](C/C=C(C)/C=C/[C@H]2O[C@H](CC(=O)NO)C[C@@]3(CO3)[C@@H]2O)O[C@@H]1C. The van der Waals surface area contributed by atoms with Crippen molar-refractivity contribution < 1.29 is 34.1 Å². The summed E-state index contributed by atoms with van der Waals surface area (Å²) in [6, 6.07) is -0.0250. The summed E-state index contributed by atoms with van der Waals surface area (Å²) < 4.78 is 17.6. The zero-order chi connectivity index (χ0) is 25.6. The van der Waals surface area contributed by atoms with Gasteiger partial charge in [0, 0.05) is 6.42 Å². The molecule has 0 aromatic rings. The molecule has 0 saturated carbocycles. The van der Waals surface area contributed by atoms with E-state index in [2.05, 4.69) is 18.3 Å². The Balaban J connectivity index is 1.53. The van der Waals surface area contributed by atoms with Crippen LogP contribution in [0.2, 0.25) is 0 Å². The standard InChI is InChI=1S/C26H39N2O7/c1-5-6-7-23(29)27-20-12-17(3)21(34-18(20)4)10-8-16(2)9-11-22-25(31)26(15-33-26)14-19(35-22)13-24(30)28-32/h5-9,11,17-22,25,31-32H,10,12-15H2,1-4H3,(H,27,29)(H,28,30)/b7-6-,11-9+,16-8+/t17-,18+,19+,20+,21-,22+,25+,26+/m0/s1. The Labute approximate surface area is 207 Å². The number of hydrogen-bond donors (Lipinski definition) is 4. The lowest BCUT2D eigenvalue weighted by atomic mass is 9.87. The van der Waals surface area contributed by atoms with Gasteiger partial charge in [0.2, 0.25) is 11.8 Å². The minimum Gasteiger partial charge on any atom is -0.387 e. The first-order chi connectivity index (χ1) is 16.7. The van der Waals surface area contributed by atoms with Crippen molar-refractivity contribution in [2.45, 2.75) is 95.5 Å². The van der Waals surface area contributed by atoms with Gasteiger partial charge in [-0.05, 0) is 45.1 Å². The Bertz CT molecular complexity index is 836. The van der Waals surface area contributed by atoms with Crippen LogP contribution in [0.25, 0.3) is 0 Å². The third-order valence-electron chi connectivity index (χ3n) is 7.03. The summed E-state index contributed by atoms with van der Waals surface area (Å²) in [5.74, 6) is -0.366. The molecule has 1 spiro atoms. The molecule has 0 aromatic heterocycles. The molecule has 0 unspecified atom stereocenters. The third kappa shape index (κ3) is 7.47. The highest BCUT2D eigenvalue weighted by molar-refractivity contribution is 5.87. The minimum atomic E-state index is -0.820. The highest BCUT2D eigenvalue weighted by Gasteiger charge is 2.58. The number of nitrogens with one attached hydrogen (secondary N) is 2. The highest BCUT2D eigenvalue weighted by Crippen LogP contribution is 2.43. The van der Waals surface area contributed by atoms with Crippen molar-refractivity contribution in [1.82, 2.24) is 10.8 Å². The number of epoxide rings is 1. The number of aliphatic hydroxyl groups excluding tert-OH is 1. The molecule has 1 radical (unpaired) electrons. The van der Waals surface area contributed by atoms with Crippen LogP contribution in [0.1, 0.15) is 53.4 Å². The second kappa shape index (κ2) is 12.3. The molecule has 9 nitrogen and oxygen atoms in total. The Morgan fingerprint density at radius 3 is 2.60 bits per heavy atom. The van der Waals surface area contributed by atoms with Gasteiger partial charge in [-0.15, -0.1) is 0 Å². The number of carbonyl (C=O) groups is 2. The normalized spacial score (nSPS) is 37.7. The molecule has 2 amide bonds. The van der Waals surface area contributed by atoms with Crippen LogP contribution in [-0.4, -0.2) is 70.9 Å².